The summed E-state index contributed by atoms with van der Waals surface area (Å²) in [4.78, 5) is 18.7. The van der Waals surface area contributed by atoms with Crippen molar-refractivity contribution in [3.8, 4) is 11.5 Å². The summed E-state index contributed by atoms with van der Waals surface area (Å²) in [6.45, 7) is 4.39. The number of aliphatic hydroxyl groups is 2. The molecule has 0 radical (unpaired) electrons. The number of hydrogen-bond donors (Lipinski definition) is 4. The highest BCUT2D eigenvalue weighted by Gasteiger charge is 2.52. The maximum atomic E-state index is 13.9. The monoisotopic (exact) mass is 523 g/mol. The number of nitrogens with one attached hydrogen (secondary N) is 2. The number of aliphatic imine (C=N–C) groups is 1. The van der Waals surface area contributed by atoms with Crippen LogP contribution in [0.1, 0.15) is 55.8 Å². The molecule has 38 heavy (non-hydrogen) atoms. The van der Waals surface area contributed by atoms with Gasteiger partial charge in [-0.15, -0.1) is 6.58 Å². The molecule has 4 rings (SSSR count). The van der Waals surface area contributed by atoms with Gasteiger partial charge in [-0.05, 0) is 67.6 Å². The maximum absolute atomic E-state index is 13.9. The average Bonchev–Trinajstić information content (AvgIpc) is 3.34. The van der Waals surface area contributed by atoms with Crippen LogP contribution in [0.3, 0.4) is 0 Å². The lowest BCUT2D eigenvalue weighted by Gasteiger charge is -2.32. The second-order valence-corrected chi connectivity index (χ2v) is 9.66. The van der Waals surface area contributed by atoms with Crippen LogP contribution in [0, 0.1) is 0 Å². The summed E-state index contributed by atoms with van der Waals surface area (Å²) >= 11 is 0. The summed E-state index contributed by atoms with van der Waals surface area (Å²) in [5.74, 6) is 1.34. The fourth-order valence-corrected chi connectivity index (χ4v) is 4.84. The van der Waals surface area contributed by atoms with E-state index in [0.717, 1.165) is 18.4 Å². The molecule has 1 fully saturated rings. The Morgan fingerprint density at radius 1 is 1.18 bits per heavy atom. The van der Waals surface area contributed by atoms with Gasteiger partial charge in [0.05, 0.1) is 19.8 Å². The lowest BCUT2D eigenvalue weighted by atomic mass is 9.84. The quantitative estimate of drug-likeness (QED) is 0.191. The first-order chi connectivity index (χ1) is 18.5. The lowest BCUT2D eigenvalue weighted by Crippen LogP contribution is -2.55. The van der Waals surface area contributed by atoms with Crippen LogP contribution >= 0.6 is 0 Å². The Hall–Kier alpha value is -3.40. The van der Waals surface area contributed by atoms with Gasteiger partial charge in [0.1, 0.15) is 11.5 Å². The number of hydrazine groups is 1. The minimum Gasteiger partial charge on any atom is -0.497 e. The Morgan fingerprint density at radius 2 is 1.95 bits per heavy atom. The number of amides is 1. The fourth-order valence-electron chi connectivity index (χ4n) is 4.84. The molecule has 1 aliphatic carbocycles. The molecule has 0 unspecified atom stereocenters. The predicted octanol–water partition coefficient (Wildman–Crippen LogP) is 3.21. The van der Waals surface area contributed by atoms with E-state index in [4.69, 9.17) is 24.3 Å². The van der Waals surface area contributed by atoms with Gasteiger partial charge in [0.15, 0.2) is 11.6 Å². The summed E-state index contributed by atoms with van der Waals surface area (Å²) in [5, 5.41) is 18.8. The molecule has 0 aromatic heterocycles. The highest BCUT2D eigenvalue weighted by Crippen LogP contribution is 2.43. The van der Waals surface area contributed by atoms with Crippen LogP contribution in [0.4, 0.5) is 0 Å². The Morgan fingerprint density at radius 3 is 2.63 bits per heavy atom. The molecule has 1 aliphatic heterocycles. The van der Waals surface area contributed by atoms with Gasteiger partial charge < -0.3 is 24.4 Å². The fraction of sp³-hybridized carbons (Fsp3) is 0.448. The van der Waals surface area contributed by atoms with Gasteiger partial charge in [-0.25, -0.2) is 10.4 Å². The van der Waals surface area contributed by atoms with E-state index in [1.807, 2.05) is 48.5 Å². The first kappa shape index (κ1) is 27.6. The molecule has 1 heterocycles. The standard InChI is InChI=1S/C29H37N3O6/c1-3-16-29(28(35)32-31-22-10-12-23(34)13-11-22)26(21-6-4-7-25(19-21)36-2)38-27(30-29)20-8-14-24(15-9-20)37-18-5-17-33/h3-4,6-9,14-15,19,22-23,26,31,33-34H,1,5,10-13,16-18H2,2H3,(H,32,35)/t22?,23?,26-,29-/m0/s1. The molecule has 2 aromatic carbocycles. The van der Waals surface area contributed by atoms with Gasteiger partial charge in [0.2, 0.25) is 5.90 Å². The largest absolute Gasteiger partial charge is 0.497 e. The second kappa shape index (κ2) is 12.9. The number of carbonyl (C=O) groups is 1. The second-order valence-electron chi connectivity index (χ2n) is 9.66. The van der Waals surface area contributed by atoms with Crippen molar-refractivity contribution >= 4 is 11.8 Å². The van der Waals surface area contributed by atoms with Crippen LogP contribution in [0.25, 0.3) is 0 Å². The van der Waals surface area contributed by atoms with E-state index in [1.54, 1.807) is 13.2 Å². The van der Waals surface area contributed by atoms with E-state index in [2.05, 4.69) is 17.4 Å². The van der Waals surface area contributed by atoms with Crippen LogP contribution in [-0.2, 0) is 9.53 Å². The molecule has 9 nitrogen and oxygen atoms in total. The predicted molar refractivity (Wildman–Crippen MR) is 144 cm³/mol. The number of ether oxygens (including phenoxy) is 3. The Kier molecular flexibility index (Phi) is 9.38. The van der Waals surface area contributed by atoms with Crippen LogP contribution in [0.2, 0.25) is 0 Å². The van der Waals surface area contributed by atoms with Crippen LogP contribution in [-0.4, -0.2) is 60.0 Å². The topological polar surface area (TPSA) is 122 Å². The van der Waals surface area contributed by atoms with E-state index in [9.17, 15) is 9.90 Å². The van der Waals surface area contributed by atoms with Crippen LogP contribution in [0.15, 0.2) is 66.2 Å². The van der Waals surface area contributed by atoms with Crippen molar-refractivity contribution in [1.29, 1.82) is 0 Å². The molecule has 0 spiro atoms. The molecule has 9 heteroatoms. The van der Waals surface area contributed by atoms with Crippen molar-refractivity contribution in [2.75, 3.05) is 20.3 Å². The molecule has 2 aromatic rings. The summed E-state index contributed by atoms with van der Waals surface area (Å²) < 4.78 is 17.5. The Labute approximate surface area is 223 Å². The average molecular weight is 524 g/mol. The van der Waals surface area contributed by atoms with E-state index < -0.39 is 11.6 Å². The van der Waals surface area contributed by atoms with E-state index in [1.165, 1.54) is 0 Å². The number of benzene rings is 2. The normalized spacial score (nSPS) is 24.7. The molecule has 2 atom stereocenters. The Balaban J connectivity index is 1.63. The SMILES string of the molecule is C=CC[C@]1(C(=O)NNC2CCC(O)CC2)N=C(c2ccc(OCCCO)cc2)O[C@H]1c1cccc(OC)c1. The first-order valence-corrected chi connectivity index (χ1v) is 13.1. The third-order valence-electron chi connectivity index (χ3n) is 6.97. The number of methoxy groups -OCH3 is 1. The lowest BCUT2D eigenvalue weighted by molar-refractivity contribution is -0.130. The van der Waals surface area contributed by atoms with Crippen molar-refractivity contribution in [2.45, 2.75) is 62.3 Å². The molecular weight excluding hydrogens is 486 g/mol. The van der Waals surface area contributed by atoms with Gasteiger partial charge in [-0.2, -0.15) is 0 Å². The van der Waals surface area contributed by atoms with Crippen molar-refractivity contribution in [1.82, 2.24) is 10.9 Å². The number of aliphatic hydroxyl groups excluding tert-OH is 2. The number of rotatable bonds is 12. The highest BCUT2D eigenvalue weighted by atomic mass is 16.5. The van der Waals surface area contributed by atoms with Crippen molar-refractivity contribution in [2.24, 2.45) is 4.99 Å². The zero-order valence-electron chi connectivity index (χ0n) is 21.8. The van der Waals surface area contributed by atoms with Gasteiger partial charge in [0.25, 0.3) is 5.91 Å². The Bertz CT molecular complexity index is 1110. The summed E-state index contributed by atoms with van der Waals surface area (Å²) in [7, 11) is 1.59. The maximum Gasteiger partial charge on any atom is 0.266 e. The smallest absolute Gasteiger partial charge is 0.266 e. The summed E-state index contributed by atoms with van der Waals surface area (Å²) in [5.41, 5.74) is 6.21. The third kappa shape index (κ3) is 6.35. The van der Waals surface area contributed by atoms with E-state index in [-0.39, 0.29) is 31.1 Å². The molecule has 1 saturated carbocycles. The number of carbonyl (C=O) groups excluding carboxylic acids is 1. The van der Waals surface area contributed by atoms with Crippen LogP contribution < -0.4 is 20.3 Å². The zero-order valence-corrected chi connectivity index (χ0v) is 21.8. The zero-order chi connectivity index (χ0) is 27.0. The van der Waals surface area contributed by atoms with Gasteiger partial charge in [-0.1, -0.05) is 18.2 Å². The van der Waals surface area contributed by atoms with Crippen molar-refractivity contribution < 1.29 is 29.2 Å². The summed E-state index contributed by atoms with van der Waals surface area (Å²) in [6.07, 6.45) is 4.41. The van der Waals surface area contributed by atoms with Gasteiger partial charge in [-0.3, -0.25) is 10.2 Å². The van der Waals surface area contributed by atoms with Crippen molar-refractivity contribution in [3.63, 3.8) is 0 Å². The van der Waals surface area contributed by atoms with E-state index in [0.29, 0.717) is 48.8 Å². The number of hydrogen-bond acceptors (Lipinski definition) is 8. The van der Waals surface area contributed by atoms with E-state index >= 15 is 0 Å². The van der Waals surface area contributed by atoms with Crippen LogP contribution in [0.5, 0.6) is 11.5 Å². The molecular formula is C29H37N3O6. The van der Waals surface area contributed by atoms with Gasteiger partial charge >= 0.3 is 0 Å². The molecule has 2 aliphatic rings. The molecule has 0 bridgehead atoms. The first-order valence-electron chi connectivity index (χ1n) is 13.1. The number of nitrogens with zero attached hydrogens (tertiary/aromatic N) is 1. The highest BCUT2D eigenvalue weighted by molar-refractivity contribution is 6.01. The molecule has 1 amide bonds. The molecule has 204 valence electrons. The summed E-state index contributed by atoms with van der Waals surface area (Å²) in [6, 6.07) is 14.8. The molecule has 0 saturated heterocycles. The van der Waals surface area contributed by atoms with Gasteiger partial charge in [0, 0.05) is 31.1 Å². The minimum atomic E-state index is -1.30. The minimum absolute atomic E-state index is 0.0688. The third-order valence-corrected chi connectivity index (χ3v) is 6.97. The van der Waals surface area contributed by atoms with Crippen molar-refractivity contribution in [3.05, 3.63) is 72.3 Å². The molecule has 4 N–H and O–H groups in total.